The van der Waals surface area contributed by atoms with Gasteiger partial charge in [0, 0.05) is 32.7 Å². The van der Waals surface area contributed by atoms with Crippen LogP contribution in [0.3, 0.4) is 0 Å². The summed E-state index contributed by atoms with van der Waals surface area (Å²) in [5, 5.41) is 6.85. The van der Waals surface area contributed by atoms with Crippen LogP contribution in [0.5, 0.6) is 5.75 Å². The Bertz CT molecular complexity index is 542. The van der Waals surface area contributed by atoms with Crippen molar-refractivity contribution in [2.45, 2.75) is 31.8 Å². The molecule has 1 saturated carbocycles. The Morgan fingerprint density at radius 1 is 1.30 bits per heavy atom. The van der Waals surface area contributed by atoms with Crippen molar-refractivity contribution in [1.29, 1.82) is 0 Å². The number of ether oxygens (including phenoxy) is 1. The van der Waals surface area contributed by atoms with E-state index in [1.807, 2.05) is 25.2 Å². The maximum Gasteiger partial charge on any atom is 0.191 e. The molecule has 1 unspecified atom stereocenters. The van der Waals surface area contributed by atoms with Crippen molar-refractivity contribution in [2.24, 2.45) is 10.9 Å². The van der Waals surface area contributed by atoms with Gasteiger partial charge >= 0.3 is 0 Å². The monoisotopic (exact) mass is 316 g/mol. The molecule has 1 aliphatic carbocycles. The summed E-state index contributed by atoms with van der Waals surface area (Å²) < 4.78 is 5.26. The number of nitrogens with one attached hydrogen (secondary N) is 2. The summed E-state index contributed by atoms with van der Waals surface area (Å²) in [5.41, 5.74) is 1.19. The molecule has 3 rings (SSSR count). The van der Waals surface area contributed by atoms with Gasteiger partial charge in [-0.1, -0.05) is 12.1 Å². The number of hydrogen-bond donors (Lipinski definition) is 2. The van der Waals surface area contributed by atoms with Crippen LogP contribution in [-0.2, 0) is 6.54 Å². The van der Waals surface area contributed by atoms with Gasteiger partial charge in [0.25, 0.3) is 0 Å². The van der Waals surface area contributed by atoms with Gasteiger partial charge in [-0.05, 0) is 49.4 Å². The molecule has 2 aliphatic rings. The number of aliphatic imine (C=N–C) groups is 1. The van der Waals surface area contributed by atoms with Gasteiger partial charge in [0.2, 0.25) is 0 Å². The van der Waals surface area contributed by atoms with E-state index >= 15 is 0 Å². The number of hydrogen-bond acceptors (Lipinski definition) is 3. The fraction of sp³-hybridized carbons (Fsp3) is 0.611. The van der Waals surface area contributed by atoms with Crippen LogP contribution in [0.15, 0.2) is 29.3 Å². The summed E-state index contributed by atoms with van der Waals surface area (Å²) in [6, 6.07) is 9.00. The van der Waals surface area contributed by atoms with Gasteiger partial charge in [-0.2, -0.15) is 0 Å². The highest BCUT2D eigenvalue weighted by Crippen LogP contribution is 2.31. The molecule has 0 amide bonds. The molecule has 0 aromatic heterocycles. The first-order valence-electron chi connectivity index (χ1n) is 8.60. The van der Waals surface area contributed by atoms with Gasteiger partial charge in [0.15, 0.2) is 5.96 Å². The average molecular weight is 316 g/mol. The summed E-state index contributed by atoms with van der Waals surface area (Å²) in [6.07, 6.45) is 4.12. The third-order valence-corrected chi connectivity index (χ3v) is 4.76. The second-order valence-electron chi connectivity index (χ2n) is 6.54. The molecule has 5 heteroatoms. The number of likely N-dealkylation sites (tertiary alicyclic amines) is 1. The van der Waals surface area contributed by atoms with Crippen LogP contribution in [0.2, 0.25) is 0 Å². The Hall–Kier alpha value is -1.75. The first-order valence-corrected chi connectivity index (χ1v) is 8.60. The van der Waals surface area contributed by atoms with Crippen molar-refractivity contribution in [2.75, 3.05) is 33.8 Å². The first-order chi connectivity index (χ1) is 11.3. The molecule has 5 nitrogen and oxygen atoms in total. The van der Waals surface area contributed by atoms with Crippen molar-refractivity contribution >= 4 is 5.96 Å². The molecule has 1 aromatic carbocycles. The lowest BCUT2D eigenvalue weighted by Crippen LogP contribution is -2.40. The molecule has 23 heavy (non-hydrogen) atoms. The van der Waals surface area contributed by atoms with Gasteiger partial charge < -0.3 is 20.3 Å². The van der Waals surface area contributed by atoms with Crippen molar-refractivity contribution in [3.63, 3.8) is 0 Å². The van der Waals surface area contributed by atoms with Crippen LogP contribution in [-0.4, -0.2) is 50.7 Å². The quantitative estimate of drug-likeness (QED) is 0.621. The van der Waals surface area contributed by atoms with Gasteiger partial charge in [0.1, 0.15) is 5.75 Å². The van der Waals surface area contributed by atoms with E-state index in [1.54, 1.807) is 7.11 Å². The second-order valence-corrected chi connectivity index (χ2v) is 6.54. The van der Waals surface area contributed by atoms with E-state index in [0.29, 0.717) is 0 Å². The summed E-state index contributed by atoms with van der Waals surface area (Å²) in [4.78, 5) is 6.97. The van der Waals surface area contributed by atoms with Crippen LogP contribution >= 0.6 is 0 Å². The number of benzene rings is 1. The molecule has 1 atom stereocenters. The lowest BCUT2D eigenvalue weighted by molar-refractivity contribution is 0.314. The molecule has 126 valence electrons. The van der Waals surface area contributed by atoms with E-state index in [0.717, 1.165) is 36.8 Å². The van der Waals surface area contributed by atoms with Crippen LogP contribution in [0.1, 0.15) is 24.8 Å². The lowest BCUT2D eigenvalue weighted by atomic mass is 10.1. The maximum atomic E-state index is 5.26. The van der Waals surface area contributed by atoms with Crippen molar-refractivity contribution in [1.82, 2.24) is 15.5 Å². The molecule has 1 heterocycles. The molecule has 2 fully saturated rings. The van der Waals surface area contributed by atoms with Crippen LogP contribution in [0.25, 0.3) is 0 Å². The van der Waals surface area contributed by atoms with E-state index in [-0.39, 0.29) is 0 Å². The minimum atomic E-state index is 0.742. The van der Waals surface area contributed by atoms with E-state index in [4.69, 9.17) is 4.74 Å². The van der Waals surface area contributed by atoms with Crippen LogP contribution in [0.4, 0.5) is 0 Å². The third-order valence-electron chi connectivity index (χ3n) is 4.76. The Balaban J connectivity index is 1.41. The SMILES string of the molecule is CN=C(NCc1cccc(OC)c1)NCC1CCN(C2CC2)C1. The van der Waals surface area contributed by atoms with Crippen molar-refractivity contribution < 1.29 is 4.74 Å². The third kappa shape index (κ3) is 4.61. The predicted molar refractivity (Wildman–Crippen MR) is 93.9 cm³/mol. The van der Waals surface area contributed by atoms with Crippen LogP contribution < -0.4 is 15.4 Å². The number of rotatable bonds is 6. The molecule has 2 N–H and O–H groups in total. The Kier molecular flexibility index (Phi) is 5.39. The van der Waals surface area contributed by atoms with E-state index in [1.165, 1.54) is 37.9 Å². The van der Waals surface area contributed by atoms with Crippen molar-refractivity contribution in [3.05, 3.63) is 29.8 Å². The minimum Gasteiger partial charge on any atom is -0.497 e. The number of nitrogens with zero attached hydrogens (tertiary/aromatic N) is 2. The molecule has 0 radical (unpaired) electrons. The number of methoxy groups -OCH3 is 1. The van der Waals surface area contributed by atoms with Gasteiger partial charge in [-0.15, -0.1) is 0 Å². The Morgan fingerprint density at radius 3 is 2.91 bits per heavy atom. The largest absolute Gasteiger partial charge is 0.497 e. The summed E-state index contributed by atoms with van der Waals surface area (Å²) in [5.74, 6) is 2.50. The zero-order valence-electron chi connectivity index (χ0n) is 14.2. The van der Waals surface area contributed by atoms with E-state index in [9.17, 15) is 0 Å². The minimum absolute atomic E-state index is 0.742. The second kappa shape index (κ2) is 7.68. The zero-order valence-corrected chi connectivity index (χ0v) is 14.2. The topological polar surface area (TPSA) is 48.9 Å². The normalized spacial score (nSPS) is 22.2. The maximum absolute atomic E-state index is 5.26. The standard InChI is InChI=1S/C18H28N4O/c1-19-18(20-11-14-4-3-5-17(10-14)23-2)21-12-15-8-9-22(13-15)16-6-7-16/h3-5,10,15-16H,6-9,11-13H2,1-2H3,(H2,19,20,21). The molecule has 1 aliphatic heterocycles. The molecule has 0 bridgehead atoms. The molecular weight excluding hydrogens is 288 g/mol. The van der Waals surface area contributed by atoms with Crippen LogP contribution in [0, 0.1) is 5.92 Å². The fourth-order valence-corrected chi connectivity index (χ4v) is 3.23. The summed E-state index contributed by atoms with van der Waals surface area (Å²) in [7, 11) is 3.52. The van der Waals surface area contributed by atoms with E-state index < -0.39 is 0 Å². The highest BCUT2D eigenvalue weighted by molar-refractivity contribution is 5.79. The molecule has 1 aromatic rings. The summed E-state index contributed by atoms with van der Waals surface area (Å²) in [6.45, 7) is 4.26. The highest BCUT2D eigenvalue weighted by Gasteiger charge is 2.34. The van der Waals surface area contributed by atoms with E-state index in [2.05, 4.69) is 26.6 Å². The predicted octanol–water partition coefficient (Wildman–Crippen LogP) is 1.84. The average Bonchev–Trinajstić information content (AvgIpc) is 3.34. The Labute approximate surface area is 139 Å². The lowest BCUT2D eigenvalue weighted by Gasteiger charge is -2.17. The van der Waals surface area contributed by atoms with Gasteiger partial charge in [0.05, 0.1) is 7.11 Å². The molecule has 1 saturated heterocycles. The molecule has 0 spiro atoms. The van der Waals surface area contributed by atoms with Gasteiger partial charge in [-0.25, -0.2) is 0 Å². The zero-order chi connectivity index (χ0) is 16.1. The van der Waals surface area contributed by atoms with Gasteiger partial charge in [-0.3, -0.25) is 4.99 Å². The highest BCUT2D eigenvalue weighted by atomic mass is 16.5. The fourth-order valence-electron chi connectivity index (χ4n) is 3.23. The first kappa shape index (κ1) is 16.1. The molecular formula is C18H28N4O. The Morgan fingerprint density at radius 2 is 2.17 bits per heavy atom. The smallest absolute Gasteiger partial charge is 0.191 e. The number of guanidine groups is 1. The van der Waals surface area contributed by atoms with Crippen molar-refractivity contribution in [3.8, 4) is 5.75 Å². The summed E-state index contributed by atoms with van der Waals surface area (Å²) >= 11 is 0.